The number of methoxy groups -OCH3 is 1. The quantitative estimate of drug-likeness (QED) is 0.517. The lowest BCUT2D eigenvalue weighted by Crippen LogP contribution is -2.62. The maximum atomic E-state index is 12.7. The molecule has 0 aliphatic carbocycles. The van der Waals surface area contributed by atoms with E-state index in [1.807, 2.05) is 6.07 Å². The van der Waals surface area contributed by atoms with Gasteiger partial charge in [0.15, 0.2) is 5.72 Å². The number of nitrogens with one attached hydrogen (secondary N) is 1. The molecule has 2 aromatic carbocycles. The Balaban J connectivity index is 2.14. The van der Waals surface area contributed by atoms with Gasteiger partial charge in [-0.2, -0.15) is 5.26 Å². The van der Waals surface area contributed by atoms with Gasteiger partial charge in [-0.25, -0.2) is 4.79 Å². The number of aliphatic hydroxyl groups is 1. The zero-order valence-electron chi connectivity index (χ0n) is 15.5. The number of benzene rings is 2. The highest BCUT2D eigenvalue weighted by Crippen LogP contribution is 2.45. The van der Waals surface area contributed by atoms with E-state index in [4.69, 9.17) is 5.73 Å². The highest BCUT2D eigenvalue weighted by atomic mass is 16.5. The molecule has 0 bridgehead atoms. The standard InChI is InChI=1S/C21H19N3O5/c1-29-20(27)13-9-7-12(8-10-13)16-15(11-22)21(28,14-5-3-2-4-6-14)24-19(26)17(16)18(23)25/h2-10,15-17,28H,1H3,(H2,23,25)(H,24,26)/t15-,16-,17-,21+/m0/s1. The van der Waals surface area contributed by atoms with E-state index in [0.717, 1.165) is 0 Å². The molecule has 1 saturated heterocycles. The van der Waals surface area contributed by atoms with Crippen molar-refractivity contribution in [3.05, 3.63) is 71.3 Å². The van der Waals surface area contributed by atoms with Crippen LogP contribution in [0.15, 0.2) is 54.6 Å². The second-order valence-electron chi connectivity index (χ2n) is 6.75. The van der Waals surface area contributed by atoms with Crippen molar-refractivity contribution >= 4 is 17.8 Å². The number of hydrogen-bond acceptors (Lipinski definition) is 6. The van der Waals surface area contributed by atoms with Crippen molar-refractivity contribution in [3.8, 4) is 6.07 Å². The molecular weight excluding hydrogens is 374 g/mol. The summed E-state index contributed by atoms with van der Waals surface area (Å²) in [5.41, 5.74) is 4.42. The number of amides is 2. The number of esters is 1. The largest absolute Gasteiger partial charge is 0.465 e. The molecule has 2 amide bonds. The van der Waals surface area contributed by atoms with E-state index in [0.29, 0.717) is 11.1 Å². The summed E-state index contributed by atoms with van der Waals surface area (Å²) in [6.07, 6.45) is 0. The van der Waals surface area contributed by atoms with Gasteiger partial charge in [0.05, 0.1) is 18.7 Å². The molecule has 1 heterocycles. The lowest BCUT2D eigenvalue weighted by Gasteiger charge is -2.44. The summed E-state index contributed by atoms with van der Waals surface area (Å²) in [5, 5.41) is 23.6. The van der Waals surface area contributed by atoms with Gasteiger partial charge in [-0.05, 0) is 17.7 Å². The smallest absolute Gasteiger partial charge is 0.337 e. The van der Waals surface area contributed by atoms with Crippen molar-refractivity contribution in [2.24, 2.45) is 17.6 Å². The van der Waals surface area contributed by atoms with Gasteiger partial charge in [0.1, 0.15) is 11.8 Å². The normalized spacial score (nSPS) is 26.1. The molecule has 4 atom stereocenters. The fourth-order valence-corrected chi connectivity index (χ4v) is 3.73. The zero-order chi connectivity index (χ0) is 21.2. The first-order valence-electron chi connectivity index (χ1n) is 8.80. The number of primary amides is 1. The minimum Gasteiger partial charge on any atom is -0.465 e. The molecule has 2 aromatic rings. The average molecular weight is 393 g/mol. The van der Waals surface area contributed by atoms with Crippen LogP contribution in [0.4, 0.5) is 0 Å². The topological polar surface area (TPSA) is 143 Å². The van der Waals surface area contributed by atoms with Gasteiger partial charge in [-0.1, -0.05) is 42.5 Å². The Kier molecular flexibility index (Phi) is 5.35. The van der Waals surface area contributed by atoms with Gasteiger partial charge in [0.25, 0.3) is 0 Å². The second kappa shape index (κ2) is 7.73. The first-order chi connectivity index (χ1) is 13.8. The molecule has 1 aliphatic heterocycles. The second-order valence-corrected chi connectivity index (χ2v) is 6.75. The molecule has 29 heavy (non-hydrogen) atoms. The summed E-state index contributed by atoms with van der Waals surface area (Å²) >= 11 is 0. The van der Waals surface area contributed by atoms with Crippen molar-refractivity contribution in [3.63, 3.8) is 0 Å². The number of rotatable bonds is 4. The van der Waals surface area contributed by atoms with Crippen LogP contribution in [-0.2, 0) is 20.1 Å². The number of carbonyl (C=O) groups excluding carboxylic acids is 3. The third-order valence-electron chi connectivity index (χ3n) is 5.14. The van der Waals surface area contributed by atoms with Crippen molar-refractivity contribution in [2.75, 3.05) is 7.11 Å². The lowest BCUT2D eigenvalue weighted by molar-refractivity contribution is -0.153. The molecule has 0 unspecified atom stereocenters. The van der Waals surface area contributed by atoms with Crippen molar-refractivity contribution < 1.29 is 24.2 Å². The Morgan fingerprint density at radius 3 is 2.31 bits per heavy atom. The molecule has 0 saturated carbocycles. The Morgan fingerprint density at radius 1 is 1.17 bits per heavy atom. The number of hydrogen-bond donors (Lipinski definition) is 3. The number of ether oxygens (including phenoxy) is 1. The van der Waals surface area contributed by atoms with Crippen LogP contribution in [0.5, 0.6) is 0 Å². The van der Waals surface area contributed by atoms with Gasteiger partial charge in [0, 0.05) is 11.5 Å². The first kappa shape index (κ1) is 20.0. The van der Waals surface area contributed by atoms with Crippen molar-refractivity contribution in [2.45, 2.75) is 11.6 Å². The van der Waals surface area contributed by atoms with Crippen LogP contribution in [0.1, 0.15) is 27.4 Å². The van der Waals surface area contributed by atoms with Gasteiger partial charge in [-0.3, -0.25) is 9.59 Å². The molecule has 8 heteroatoms. The zero-order valence-corrected chi connectivity index (χ0v) is 15.5. The summed E-state index contributed by atoms with van der Waals surface area (Å²) < 4.78 is 4.66. The number of nitrogens with zero attached hydrogens (tertiary/aromatic N) is 1. The number of nitrogens with two attached hydrogens (primary N) is 1. The molecule has 148 valence electrons. The number of nitriles is 1. The van der Waals surface area contributed by atoms with Crippen LogP contribution < -0.4 is 11.1 Å². The Bertz CT molecular complexity index is 984. The minimum absolute atomic E-state index is 0.263. The Hall–Kier alpha value is -3.70. The fraction of sp³-hybridized carbons (Fsp3) is 0.238. The lowest BCUT2D eigenvalue weighted by atomic mass is 9.67. The maximum Gasteiger partial charge on any atom is 0.337 e. The predicted octanol–water partition coefficient (Wildman–Crippen LogP) is 0.773. The summed E-state index contributed by atoms with van der Waals surface area (Å²) in [4.78, 5) is 36.5. The summed E-state index contributed by atoms with van der Waals surface area (Å²) in [6, 6.07) is 16.2. The number of piperidine rings is 1. The van der Waals surface area contributed by atoms with Crippen LogP contribution in [0.2, 0.25) is 0 Å². The molecule has 1 fully saturated rings. The van der Waals surface area contributed by atoms with Crippen LogP contribution in [0.3, 0.4) is 0 Å². The molecule has 8 nitrogen and oxygen atoms in total. The summed E-state index contributed by atoms with van der Waals surface area (Å²) in [6.45, 7) is 0. The third-order valence-corrected chi connectivity index (χ3v) is 5.14. The van der Waals surface area contributed by atoms with E-state index < -0.39 is 41.3 Å². The Morgan fingerprint density at radius 2 is 1.79 bits per heavy atom. The van der Waals surface area contributed by atoms with Gasteiger partial charge < -0.3 is 20.9 Å². The van der Waals surface area contributed by atoms with E-state index in [1.165, 1.54) is 31.4 Å². The predicted molar refractivity (Wildman–Crippen MR) is 101 cm³/mol. The van der Waals surface area contributed by atoms with Crippen LogP contribution in [-0.4, -0.2) is 30.0 Å². The molecule has 4 N–H and O–H groups in total. The van der Waals surface area contributed by atoms with Gasteiger partial charge >= 0.3 is 5.97 Å². The number of carbonyl (C=O) groups is 3. The van der Waals surface area contributed by atoms with E-state index in [9.17, 15) is 24.8 Å². The third kappa shape index (κ3) is 3.44. The molecular formula is C21H19N3O5. The highest BCUT2D eigenvalue weighted by molar-refractivity contribution is 6.02. The molecule has 0 spiro atoms. The maximum absolute atomic E-state index is 12.7. The highest BCUT2D eigenvalue weighted by Gasteiger charge is 2.55. The monoisotopic (exact) mass is 393 g/mol. The van der Waals surface area contributed by atoms with Crippen LogP contribution in [0.25, 0.3) is 0 Å². The van der Waals surface area contributed by atoms with Crippen molar-refractivity contribution in [1.82, 2.24) is 5.32 Å². The minimum atomic E-state index is -2.02. The molecule has 1 aliphatic rings. The van der Waals surface area contributed by atoms with Crippen molar-refractivity contribution in [1.29, 1.82) is 5.26 Å². The van der Waals surface area contributed by atoms with Gasteiger partial charge in [-0.15, -0.1) is 0 Å². The molecule has 3 rings (SSSR count). The first-order valence-corrected chi connectivity index (χ1v) is 8.80. The molecule has 0 aromatic heterocycles. The SMILES string of the molecule is COC(=O)c1ccc([C@@H]2[C@@H](C(N)=O)C(=O)N[C@@](O)(c3ccccc3)[C@H]2C#N)cc1. The summed E-state index contributed by atoms with van der Waals surface area (Å²) in [5.74, 6) is -5.86. The van der Waals surface area contributed by atoms with E-state index in [1.54, 1.807) is 30.3 Å². The van der Waals surface area contributed by atoms with E-state index >= 15 is 0 Å². The van der Waals surface area contributed by atoms with Gasteiger partial charge in [0.2, 0.25) is 11.8 Å². The fourth-order valence-electron chi connectivity index (χ4n) is 3.73. The molecule has 0 radical (unpaired) electrons. The van der Waals surface area contributed by atoms with E-state index in [2.05, 4.69) is 10.1 Å². The van der Waals surface area contributed by atoms with Crippen LogP contribution >= 0.6 is 0 Å². The van der Waals surface area contributed by atoms with E-state index in [-0.39, 0.29) is 5.56 Å². The van der Waals surface area contributed by atoms with Crippen LogP contribution in [0, 0.1) is 23.2 Å². The average Bonchev–Trinajstić information content (AvgIpc) is 2.73. The Labute approximate surface area is 166 Å². The summed E-state index contributed by atoms with van der Waals surface area (Å²) in [7, 11) is 1.25.